The van der Waals surface area contributed by atoms with E-state index in [4.69, 9.17) is 0 Å². The maximum absolute atomic E-state index is 12.5. The third-order valence-corrected chi connectivity index (χ3v) is 5.71. The molecule has 2 heterocycles. The molecule has 3 rings (SSSR count). The third kappa shape index (κ3) is 2.31. The van der Waals surface area contributed by atoms with Crippen LogP contribution in [0.2, 0.25) is 0 Å². The molecular formula is C13H18N2O4S. The van der Waals surface area contributed by atoms with Crippen molar-refractivity contribution in [2.24, 2.45) is 0 Å². The molecule has 110 valence electrons. The van der Waals surface area contributed by atoms with Crippen LogP contribution in [0.4, 0.5) is 5.69 Å². The van der Waals surface area contributed by atoms with Crippen LogP contribution < -0.4 is 5.32 Å². The summed E-state index contributed by atoms with van der Waals surface area (Å²) in [7, 11) is -3.66. The van der Waals surface area contributed by atoms with Crippen LogP contribution >= 0.6 is 0 Å². The Hall–Kier alpha value is -1.15. The largest absolute Gasteiger partial charge is 0.389 e. The first-order valence-electron chi connectivity index (χ1n) is 6.71. The van der Waals surface area contributed by atoms with E-state index in [0.717, 1.165) is 34.9 Å². The molecule has 0 aromatic heterocycles. The number of benzene rings is 1. The Balaban J connectivity index is 1.92. The molecule has 2 atom stereocenters. The molecule has 1 fully saturated rings. The number of nitrogens with zero attached hydrogens (tertiary/aromatic N) is 1. The lowest BCUT2D eigenvalue weighted by molar-refractivity contribution is 0.0572. The fraction of sp³-hybridized carbons (Fsp3) is 0.538. The lowest BCUT2D eigenvalue weighted by Crippen LogP contribution is -2.30. The minimum atomic E-state index is -3.66. The van der Waals surface area contributed by atoms with Crippen molar-refractivity contribution in [3.05, 3.63) is 23.8 Å². The number of rotatable bonds is 2. The van der Waals surface area contributed by atoms with E-state index in [0.29, 0.717) is 0 Å². The topological polar surface area (TPSA) is 89.9 Å². The second kappa shape index (κ2) is 5.00. The molecule has 0 aliphatic carbocycles. The van der Waals surface area contributed by atoms with Gasteiger partial charge in [0.05, 0.1) is 17.1 Å². The summed E-state index contributed by atoms with van der Waals surface area (Å²) >= 11 is 0. The number of aryl methyl sites for hydroxylation is 1. The number of hydrogen-bond acceptors (Lipinski definition) is 5. The van der Waals surface area contributed by atoms with Crippen LogP contribution in [0.1, 0.15) is 12.0 Å². The predicted molar refractivity (Wildman–Crippen MR) is 74.0 cm³/mol. The highest BCUT2D eigenvalue weighted by molar-refractivity contribution is 7.89. The van der Waals surface area contributed by atoms with Crippen LogP contribution in [-0.4, -0.2) is 54.8 Å². The van der Waals surface area contributed by atoms with Crippen LogP contribution in [0.25, 0.3) is 0 Å². The standard InChI is InChI=1S/C13H18N2O4S/c16-12-7-15(8-13(12)17)20(18,19)10-4-3-9-2-1-5-14-11(9)6-10/h3-4,6,12-14,16-17H,1-2,5,7-8H2. The molecule has 0 saturated carbocycles. The molecule has 2 unspecified atom stereocenters. The number of β-amino-alcohol motifs (C(OH)–C–C–N with tert-alkyl or cyclic N) is 2. The molecule has 7 heteroatoms. The molecule has 20 heavy (non-hydrogen) atoms. The zero-order valence-corrected chi connectivity index (χ0v) is 11.8. The van der Waals surface area contributed by atoms with E-state index in [1.807, 2.05) is 6.07 Å². The maximum atomic E-state index is 12.5. The quantitative estimate of drug-likeness (QED) is 0.702. The minimum Gasteiger partial charge on any atom is -0.389 e. The van der Waals surface area contributed by atoms with Crippen LogP contribution in [0.15, 0.2) is 23.1 Å². The van der Waals surface area contributed by atoms with Gasteiger partial charge in [-0.25, -0.2) is 8.42 Å². The van der Waals surface area contributed by atoms with Gasteiger partial charge in [-0.2, -0.15) is 4.31 Å². The van der Waals surface area contributed by atoms with Gasteiger partial charge < -0.3 is 15.5 Å². The average molecular weight is 298 g/mol. The Morgan fingerprint density at radius 1 is 1.20 bits per heavy atom. The Morgan fingerprint density at radius 2 is 1.90 bits per heavy atom. The van der Waals surface area contributed by atoms with E-state index in [1.165, 1.54) is 0 Å². The van der Waals surface area contributed by atoms with Gasteiger partial charge in [-0.3, -0.25) is 0 Å². The van der Waals surface area contributed by atoms with E-state index in [1.54, 1.807) is 12.1 Å². The Labute approximate surface area is 118 Å². The molecule has 1 aromatic rings. The van der Waals surface area contributed by atoms with Gasteiger partial charge in [0, 0.05) is 25.3 Å². The van der Waals surface area contributed by atoms with E-state index < -0.39 is 22.2 Å². The number of nitrogens with one attached hydrogen (secondary N) is 1. The first kappa shape index (κ1) is 13.8. The summed E-state index contributed by atoms with van der Waals surface area (Å²) in [5.41, 5.74) is 1.98. The molecule has 2 aliphatic rings. The minimum absolute atomic E-state index is 0.0615. The number of aliphatic hydroxyl groups excluding tert-OH is 2. The molecule has 3 N–H and O–H groups in total. The summed E-state index contributed by atoms with van der Waals surface area (Å²) in [5.74, 6) is 0. The number of aliphatic hydroxyl groups is 2. The molecule has 0 amide bonds. The van der Waals surface area contributed by atoms with E-state index in [-0.39, 0.29) is 18.0 Å². The zero-order chi connectivity index (χ0) is 14.3. The smallest absolute Gasteiger partial charge is 0.243 e. The fourth-order valence-electron chi connectivity index (χ4n) is 2.68. The molecule has 1 aromatic carbocycles. The van der Waals surface area contributed by atoms with Crippen molar-refractivity contribution in [3.8, 4) is 0 Å². The van der Waals surface area contributed by atoms with Crippen molar-refractivity contribution in [1.29, 1.82) is 0 Å². The maximum Gasteiger partial charge on any atom is 0.243 e. The zero-order valence-electron chi connectivity index (χ0n) is 11.0. The van der Waals surface area contributed by atoms with Gasteiger partial charge in [-0.15, -0.1) is 0 Å². The molecule has 0 spiro atoms. The van der Waals surface area contributed by atoms with Gasteiger partial charge in [0.1, 0.15) is 0 Å². The van der Waals surface area contributed by atoms with E-state index in [9.17, 15) is 18.6 Å². The van der Waals surface area contributed by atoms with Gasteiger partial charge >= 0.3 is 0 Å². The summed E-state index contributed by atoms with van der Waals surface area (Å²) in [6, 6.07) is 5.07. The molecular weight excluding hydrogens is 280 g/mol. The van der Waals surface area contributed by atoms with Gasteiger partial charge in [0.2, 0.25) is 10.0 Å². The molecule has 0 radical (unpaired) electrons. The Morgan fingerprint density at radius 3 is 2.60 bits per heavy atom. The van der Waals surface area contributed by atoms with Crippen molar-refractivity contribution in [2.45, 2.75) is 29.9 Å². The van der Waals surface area contributed by atoms with E-state index >= 15 is 0 Å². The van der Waals surface area contributed by atoms with E-state index in [2.05, 4.69) is 5.32 Å². The lowest BCUT2D eigenvalue weighted by Gasteiger charge is -2.21. The Bertz CT molecular complexity index is 607. The molecule has 1 saturated heterocycles. The van der Waals surface area contributed by atoms with Crippen molar-refractivity contribution >= 4 is 15.7 Å². The number of anilines is 1. The molecule has 2 aliphatic heterocycles. The number of sulfonamides is 1. The van der Waals surface area contributed by atoms with Gasteiger partial charge in [0.25, 0.3) is 0 Å². The van der Waals surface area contributed by atoms with Crippen molar-refractivity contribution < 1.29 is 18.6 Å². The highest BCUT2D eigenvalue weighted by Crippen LogP contribution is 2.28. The highest BCUT2D eigenvalue weighted by Gasteiger charge is 2.37. The summed E-state index contributed by atoms with van der Waals surface area (Å²) in [6.45, 7) is 0.722. The van der Waals surface area contributed by atoms with Crippen LogP contribution in [0.5, 0.6) is 0 Å². The predicted octanol–water partition coefficient (Wildman–Crippen LogP) is -0.229. The van der Waals surface area contributed by atoms with Crippen LogP contribution in [0.3, 0.4) is 0 Å². The summed E-state index contributed by atoms with van der Waals surface area (Å²) in [4.78, 5) is 0.201. The highest BCUT2D eigenvalue weighted by atomic mass is 32.2. The summed E-state index contributed by atoms with van der Waals surface area (Å²) in [5, 5.41) is 22.2. The SMILES string of the molecule is O=S(=O)(c1ccc2c(c1)NCCC2)N1CC(O)C(O)C1. The van der Waals surface area contributed by atoms with Crippen LogP contribution in [-0.2, 0) is 16.4 Å². The molecule has 6 nitrogen and oxygen atoms in total. The Kier molecular flexibility index (Phi) is 3.45. The monoisotopic (exact) mass is 298 g/mol. The van der Waals surface area contributed by atoms with Crippen LogP contribution in [0, 0.1) is 0 Å². The second-order valence-electron chi connectivity index (χ2n) is 5.31. The van der Waals surface area contributed by atoms with Crippen molar-refractivity contribution in [3.63, 3.8) is 0 Å². The first-order chi connectivity index (χ1) is 9.48. The van der Waals surface area contributed by atoms with Gasteiger partial charge in [-0.1, -0.05) is 6.07 Å². The normalized spacial score (nSPS) is 27.1. The van der Waals surface area contributed by atoms with Crippen molar-refractivity contribution in [1.82, 2.24) is 4.31 Å². The second-order valence-corrected chi connectivity index (χ2v) is 7.24. The first-order valence-corrected chi connectivity index (χ1v) is 8.15. The number of hydrogen-bond donors (Lipinski definition) is 3. The molecule has 0 bridgehead atoms. The van der Waals surface area contributed by atoms with Gasteiger partial charge in [0.15, 0.2) is 0 Å². The third-order valence-electron chi connectivity index (χ3n) is 3.88. The van der Waals surface area contributed by atoms with Crippen molar-refractivity contribution in [2.75, 3.05) is 25.0 Å². The van der Waals surface area contributed by atoms with Gasteiger partial charge in [-0.05, 0) is 30.5 Å². The average Bonchev–Trinajstić information content (AvgIpc) is 2.79. The number of fused-ring (bicyclic) bond motifs is 1. The fourth-order valence-corrected chi connectivity index (χ4v) is 4.18. The summed E-state index contributed by atoms with van der Waals surface area (Å²) in [6.07, 6.45) is -0.0333. The summed E-state index contributed by atoms with van der Waals surface area (Å²) < 4.78 is 26.1. The lowest BCUT2D eigenvalue weighted by atomic mass is 10.0.